The number of carbonyl (C=O) groups excluding carboxylic acids is 2. The Labute approximate surface area is 114 Å². The van der Waals surface area contributed by atoms with Crippen LogP contribution in [0.4, 0.5) is 4.39 Å². The van der Waals surface area contributed by atoms with Crippen LogP contribution in [0.1, 0.15) is 16.1 Å². The molecule has 0 bridgehead atoms. The minimum absolute atomic E-state index is 0.0498. The number of amides is 1. The van der Waals surface area contributed by atoms with Crippen LogP contribution in [0.2, 0.25) is 0 Å². The van der Waals surface area contributed by atoms with Gasteiger partial charge in [-0.05, 0) is 6.07 Å². The Kier molecular flexibility index (Phi) is 4.19. The van der Waals surface area contributed by atoms with Gasteiger partial charge in [0.1, 0.15) is 18.1 Å². The zero-order valence-electron chi connectivity index (χ0n) is 10.9. The van der Waals surface area contributed by atoms with Crippen molar-refractivity contribution in [2.24, 2.45) is 0 Å². The molecule has 2 aromatic rings. The first kappa shape index (κ1) is 13.9. The van der Waals surface area contributed by atoms with Crippen LogP contribution >= 0.6 is 0 Å². The maximum absolute atomic E-state index is 13.5. The first-order chi connectivity index (χ1) is 9.60. The molecule has 6 nitrogen and oxygen atoms in total. The molecule has 0 saturated heterocycles. The van der Waals surface area contributed by atoms with Crippen molar-refractivity contribution >= 4 is 12.2 Å². The summed E-state index contributed by atoms with van der Waals surface area (Å²) in [5, 5.41) is 7.21. The van der Waals surface area contributed by atoms with E-state index in [2.05, 4.69) is 10.3 Å². The van der Waals surface area contributed by atoms with E-state index >= 15 is 0 Å². The fourth-order valence-corrected chi connectivity index (χ4v) is 1.67. The third-order valence-corrected chi connectivity index (χ3v) is 2.77. The first-order valence-electron chi connectivity index (χ1n) is 5.93. The zero-order valence-corrected chi connectivity index (χ0v) is 10.9. The average molecular weight is 276 g/mol. The third kappa shape index (κ3) is 3.25. The molecular weight excluding hydrogens is 263 g/mol. The van der Waals surface area contributed by atoms with Crippen molar-refractivity contribution in [1.82, 2.24) is 19.9 Å². The van der Waals surface area contributed by atoms with Gasteiger partial charge < -0.3 is 4.90 Å². The van der Waals surface area contributed by atoms with Gasteiger partial charge in [-0.3, -0.25) is 9.59 Å². The summed E-state index contributed by atoms with van der Waals surface area (Å²) in [5.74, 6) is -0.605. The van der Waals surface area contributed by atoms with E-state index in [1.54, 1.807) is 25.2 Å². The number of halogens is 1. The standard InChI is InChI=1S/C13H13FN4O2/c1-17(6-10-4-2-3-5-12(10)14)13(20)8-18-7-11(9-19)15-16-18/h2-5,7,9H,6,8H2,1H3. The van der Waals surface area contributed by atoms with Crippen LogP contribution in [-0.2, 0) is 17.9 Å². The minimum atomic E-state index is -0.351. The summed E-state index contributed by atoms with van der Waals surface area (Å²) >= 11 is 0. The summed E-state index contributed by atoms with van der Waals surface area (Å²) in [6.07, 6.45) is 1.93. The van der Waals surface area contributed by atoms with E-state index in [1.165, 1.54) is 21.8 Å². The second kappa shape index (κ2) is 6.05. The highest BCUT2D eigenvalue weighted by Crippen LogP contribution is 2.09. The molecule has 1 aromatic heterocycles. The van der Waals surface area contributed by atoms with Gasteiger partial charge in [-0.25, -0.2) is 9.07 Å². The lowest BCUT2D eigenvalue weighted by Crippen LogP contribution is -2.30. The molecule has 0 fully saturated rings. The quantitative estimate of drug-likeness (QED) is 0.760. The molecule has 0 aliphatic carbocycles. The summed E-state index contributed by atoms with van der Waals surface area (Å²) in [6, 6.07) is 6.28. The van der Waals surface area contributed by atoms with Gasteiger partial charge >= 0.3 is 0 Å². The van der Waals surface area contributed by atoms with Gasteiger partial charge in [0.15, 0.2) is 6.29 Å². The number of aldehydes is 1. The van der Waals surface area contributed by atoms with Gasteiger partial charge in [-0.2, -0.15) is 0 Å². The maximum Gasteiger partial charge on any atom is 0.244 e. The number of benzene rings is 1. The Balaban J connectivity index is 1.98. The van der Waals surface area contributed by atoms with Crippen LogP contribution in [-0.4, -0.2) is 39.1 Å². The molecule has 0 spiro atoms. The molecule has 104 valence electrons. The van der Waals surface area contributed by atoms with Gasteiger partial charge in [0.25, 0.3) is 0 Å². The highest BCUT2D eigenvalue weighted by molar-refractivity contribution is 5.76. The summed E-state index contributed by atoms with van der Waals surface area (Å²) in [5.41, 5.74) is 0.602. The van der Waals surface area contributed by atoms with Crippen molar-refractivity contribution < 1.29 is 14.0 Å². The van der Waals surface area contributed by atoms with Gasteiger partial charge in [-0.15, -0.1) is 5.10 Å². The molecule has 2 rings (SSSR count). The summed E-state index contributed by atoms with van der Waals surface area (Å²) in [6.45, 7) is 0.118. The van der Waals surface area contributed by atoms with Crippen LogP contribution < -0.4 is 0 Å². The molecule has 0 radical (unpaired) electrons. The summed E-state index contributed by atoms with van der Waals surface area (Å²) in [4.78, 5) is 23.8. The van der Waals surface area contributed by atoms with E-state index in [-0.39, 0.29) is 30.5 Å². The van der Waals surface area contributed by atoms with E-state index in [1.807, 2.05) is 0 Å². The molecule has 0 saturated carbocycles. The van der Waals surface area contributed by atoms with E-state index in [9.17, 15) is 14.0 Å². The third-order valence-electron chi connectivity index (χ3n) is 2.77. The summed E-state index contributed by atoms with van der Waals surface area (Å²) in [7, 11) is 1.58. The van der Waals surface area contributed by atoms with Gasteiger partial charge in [0.05, 0.1) is 6.20 Å². The highest BCUT2D eigenvalue weighted by atomic mass is 19.1. The number of likely N-dealkylation sites (N-methyl/N-ethyl adjacent to an activating group) is 1. The van der Waals surface area contributed by atoms with E-state index in [0.717, 1.165) is 0 Å². The average Bonchev–Trinajstić information content (AvgIpc) is 2.89. The van der Waals surface area contributed by atoms with Crippen LogP contribution in [0, 0.1) is 5.82 Å². The number of rotatable bonds is 5. The maximum atomic E-state index is 13.5. The van der Waals surface area contributed by atoms with Crippen LogP contribution in [0.3, 0.4) is 0 Å². The van der Waals surface area contributed by atoms with Crippen molar-refractivity contribution in [3.63, 3.8) is 0 Å². The fraction of sp³-hybridized carbons (Fsp3) is 0.231. The molecule has 0 N–H and O–H groups in total. The summed E-state index contributed by atoms with van der Waals surface area (Å²) < 4.78 is 14.8. The molecule has 0 aliphatic rings. The molecular formula is C13H13FN4O2. The lowest BCUT2D eigenvalue weighted by atomic mass is 10.2. The monoisotopic (exact) mass is 276 g/mol. The van der Waals surface area contributed by atoms with E-state index < -0.39 is 0 Å². The molecule has 20 heavy (non-hydrogen) atoms. The lowest BCUT2D eigenvalue weighted by molar-refractivity contribution is -0.131. The van der Waals surface area contributed by atoms with Crippen molar-refractivity contribution in [3.05, 3.63) is 47.5 Å². The Bertz CT molecular complexity index is 626. The van der Waals surface area contributed by atoms with E-state index in [0.29, 0.717) is 11.8 Å². The lowest BCUT2D eigenvalue weighted by Gasteiger charge is -2.17. The molecule has 1 heterocycles. The Morgan fingerprint density at radius 3 is 2.85 bits per heavy atom. The molecule has 0 aliphatic heterocycles. The number of aromatic nitrogens is 3. The molecule has 0 atom stereocenters. The largest absolute Gasteiger partial charge is 0.340 e. The number of carbonyl (C=O) groups is 2. The Hall–Kier alpha value is -2.57. The molecule has 7 heteroatoms. The molecule has 1 aromatic carbocycles. The number of hydrogen-bond acceptors (Lipinski definition) is 4. The van der Waals surface area contributed by atoms with Gasteiger partial charge in [-0.1, -0.05) is 23.4 Å². The Morgan fingerprint density at radius 1 is 1.45 bits per heavy atom. The van der Waals surface area contributed by atoms with Crippen molar-refractivity contribution in [2.75, 3.05) is 7.05 Å². The molecule has 0 unspecified atom stereocenters. The van der Waals surface area contributed by atoms with Crippen molar-refractivity contribution in [2.45, 2.75) is 13.1 Å². The highest BCUT2D eigenvalue weighted by Gasteiger charge is 2.13. The SMILES string of the molecule is CN(Cc1ccccc1F)C(=O)Cn1cc(C=O)nn1. The van der Waals surface area contributed by atoms with E-state index in [4.69, 9.17) is 0 Å². The predicted molar refractivity (Wildman–Crippen MR) is 68.3 cm³/mol. The normalized spacial score (nSPS) is 10.3. The topological polar surface area (TPSA) is 68.1 Å². The van der Waals surface area contributed by atoms with Crippen molar-refractivity contribution in [3.8, 4) is 0 Å². The minimum Gasteiger partial charge on any atom is -0.340 e. The smallest absolute Gasteiger partial charge is 0.244 e. The second-order valence-electron chi connectivity index (χ2n) is 4.30. The number of hydrogen-bond donors (Lipinski definition) is 0. The fourth-order valence-electron chi connectivity index (χ4n) is 1.67. The number of nitrogens with zero attached hydrogens (tertiary/aromatic N) is 4. The van der Waals surface area contributed by atoms with Crippen LogP contribution in [0.15, 0.2) is 30.5 Å². The Morgan fingerprint density at radius 2 is 2.20 bits per heavy atom. The van der Waals surface area contributed by atoms with Crippen LogP contribution in [0.5, 0.6) is 0 Å². The predicted octanol–water partition coefficient (Wildman–Crippen LogP) is 0.888. The molecule has 1 amide bonds. The second-order valence-corrected chi connectivity index (χ2v) is 4.30. The first-order valence-corrected chi connectivity index (χ1v) is 5.93. The van der Waals surface area contributed by atoms with Crippen LogP contribution in [0.25, 0.3) is 0 Å². The van der Waals surface area contributed by atoms with Crippen molar-refractivity contribution in [1.29, 1.82) is 0 Å². The zero-order chi connectivity index (χ0) is 14.5. The van der Waals surface area contributed by atoms with Gasteiger partial charge in [0.2, 0.25) is 5.91 Å². The van der Waals surface area contributed by atoms with Gasteiger partial charge in [0, 0.05) is 19.2 Å².